The summed E-state index contributed by atoms with van der Waals surface area (Å²) in [7, 11) is 0. The van der Waals surface area contributed by atoms with Gasteiger partial charge in [-0.2, -0.15) is 13.2 Å². The van der Waals surface area contributed by atoms with Gasteiger partial charge in [0.2, 0.25) is 0 Å². The molecule has 0 atom stereocenters. The first-order valence-corrected chi connectivity index (χ1v) is 5.74. The van der Waals surface area contributed by atoms with Gasteiger partial charge < -0.3 is 5.43 Å². The van der Waals surface area contributed by atoms with Crippen LogP contribution in [0.2, 0.25) is 0 Å². The summed E-state index contributed by atoms with van der Waals surface area (Å²) in [4.78, 5) is 0. The van der Waals surface area contributed by atoms with Crippen LogP contribution in [0, 0.1) is 0 Å². The summed E-state index contributed by atoms with van der Waals surface area (Å²) in [6, 6.07) is 5.15. The Bertz CT molecular complexity index is 353. The molecule has 94 valence electrons. The van der Waals surface area contributed by atoms with E-state index in [0.717, 1.165) is 38.1 Å². The van der Waals surface area contributed by atoms with Crippen molar-refractivity contribution < 1.29 is 13.2 Å². The van der Waals surface area contributed by atoms with E-state index in [4.69, 9.17) is 0 Å². The molecule has 0 unspecified atom stereocenters. The lowest BCUT2D eigenvalue weighted by Gasteiger charge is -2.27. The number of benzene rings is 1. The van der Waals surface area contributed by atoms with E-state index >= 15 is 0 Å². The van der Waals surface area contributed by atoms with Crippen molar-refractivity contribution in [2.45, 2.75) is 25.4 Å². The van der Waals surface area contributed by atoms with Gasteiger partial charge in [-0.15, -0.1) is 0 Å². The summed E-state index contributed by atoms with van der Waals surface area (Å²) in [6.45, 7) is 1.89. The molecule has 1 aromatic rings. The van der Waals surface area contributed by atoms with Crippen molar-refractivity contribution in [3.05, 3.63) is 29.8 Å². The molecule has 17 heavy (non-hydrogen) atoms. The highest BCUT2D eigenvalue weighted by molar-refractivity contribution is 5.44. The van der Waals surface area contributed by atoms with Gasteiger partial charge in [0.25, 0.3) is 0 Å². The number of anilines is 1. The number of alkyl halides is 3. The van der Waals surface area contributed by atoms with Gasteiger partial charge >= 0.3 is 6.18 Å². The third-order valence-corrected chi connectivity index (χ3v) is 2.86. The molecule has 2 rings (SSSR count). The summed E-state index contributed by atoms with van der Waals surface area (Å²) >= 11 is 0. The lowest BCUT2D eigenvalue weighted by atomic mass is 10.1. The first kappa shape index (κ1) is 12.2. The van der Waals surface area contributed by atoms with Gasteiger partial charge in [0, 0.05) is 18.8 Å². The SMILES string of the molecule is FC(F)(F)c1ccc(NN2CCCCC2)cc1. The van der Waals surface area contributed by atoms with E-state index in [1.807, 2.05) is 5.01 Å². The topological polar surface area (TPSA) is 15.3 Å². The Morgan fingerprint density at radius 3 is 2.06 bits per heavy atom. The van der Waals surface area contributed by atoms with E-state index in [9.17, 15) is 13.2 Å². The van der Waals surface area contributed by atoms with Crippen LogP contribution in [0.15, 0.2) is 24.3 Å². The fourth-order valence-electron chi connectivity index (χ4n) is 1.92. The second-order valence-corrected chi connectivity index (χ2v) is 4.23. The van der Waals surface area contributed by atoms with Crippen molar-refractivity contribution in [3.63, 3.8) is 0 Å². The zero-order chi connectivity index (χ0) is 12.3. The molecule has 0 aromatic heterocycles. The van der Waals surface area contributed by atoms with E-state index in [1.165, 1.54) is 18.6 Å². The fraction of sp³-hybridized carbons (Fsp3) is 0.500. The van der Waals surface area contributed by atoms with E-state index in [2.05, 4.69) is 5.43 Å². The van der Waals surface area contributed by atoms with Gasteiger partial charge in [-0.05, 0) is 37.1 Å². The highest BCUT2D eigenvalue weighted by Gasteiger charge is 2.29. The number of hydrogen-bond acceptors (Lipinski definition) is 2. The molecular formula is C12H15F3N2. The Labute approximate surface area is 98.4 Å². The number of piperidine rings is 1. The van der Waals surface area contributed by atoms with Gasteiger partial charge in [0.05, 0.1) is 5.56 Å². The minimum absolute atomic E-state index is 0.610. The second-order valence-electron chi connectivity index (χ2n) is 4.23. The predicted molar refractivity (Wildman–Crippen MR) is 60.5 cm³/mol. The predicted octanol–water partition coefficient (Wildman–Crippen LogP) is 3.52. The van der Waals surface area contributed by atoms with E-state index in [-0.39, 0.29) is 0 Å². The quantitative estimate of drug-likeness (QED) is 0.856. The zero-order valence-electron chi connectivity index (χ0n) is 9.43. The number of nitrogens with one attached hydrogen (secondary N) is 1. The maximum Gasteiger partial charge on any atom is 0.416 e. The monoisotopic (exact) mass is 244 g/mol. The molecule has 1 aliphatic heterocycles. The summed E-state index contributed by atoms with van der Waals surface area (Å²) in [6.07, 6.45) is -0.768. The molecule has 0 bridgehead atoms. The third kappa shape index (κ3) is 3.36. The molecule has 1 aromatic carbocycles. The summed E-state index contributed by atoms with van der Waals surface area (Å²) in [5, 5.41) is 2.05. The molecule has 2 nitrogen and oxygen atoms in total. The highest BCUT2D eigenvalue weighted by Crippen LogP contribution is 2.29. The van der Waals surface area contributed by atoms with Crippen LogP contribution in [0.1, 0.15) is 24.8 Å². The molecule has 1 heterocycles. The summed E-state index contributed by atoms with van der Waals surface area (Å²) in [5.41, 5.74) is 3.22. The third-order valence-electron chi connectivity index (χ3n) is 2.86. The molecular weight excluding hydrogens is 229 g/mol. The number of halogens is 3. The molecule has 0 radical (unpaired) electrons. The Morgan fingerprint density at radius 1 is 0.941 bits per heavy atom. The molecule has 1 saturated heterocycles. The number of hydrogen-bond donors (Lipinski definition) is 1. The van der Waals surface area contributed by atoms with Crippen molar-refractivity contribution in [1.29, 1.82) is 0 Å². The van der Waals surface area contributed by atoms with Crippen LogP contribution in [-0.4, -0.2) is 18.1 Å². The Morgan fingerprint density at radius 2 is 1.53 bits per heavy atom. The van der Waals surface area contributed by atoms with Crippen LogP contribution in [0.3, 0.4) is 0 Å². The molecule has 1 N–H and O–H groups in total. The first-order valence-electron chi connectivity index (χ1n) is 5.74. The van der Waals surface area contributed by atoms with Crippen LogP contribution < -0.4 is 5.43 Å². The average Bonchev–Trinajstić information content (AvgIpc) is 2.30. The fourth-order valence-corrected chi connectivity index (χ4v) is 1.92. The lowest BCUT2D eigenvalue weighted by Crippen LogP contribution is -2.34. The molecule has 1 fully saturated rings. The van der Waals surface area contributed by atoms with Crippen LogP contribution >= 0.6 is 0 Å². The van der Waals surface area contributed by atoms with Crippen molar-refractivity contribution in [1.82, 2.24) is 5.01 Å². The normalized spacial score (nSPS) is 18.1. The minimum atomic E-state index is -4.26. The molecule has 0 amide bonds. The summed E-state index contributed by atoms with van der Waals surface area (Å²) < 4.78 is 37.0. The van der Waals surface area contributed by atoms with Crippen molar-refractivity contribution in [3.8, 4) is 0 Å². The summed E-state index contributed by atoms with van der Waals surface area (Å²) in [5.74, 6) is 0. The van der Waals surface area contributed by atoms with Gasteiger partial charge in [-0.3, -0.25) is 0 Å². The van der Waals surface area contributed by atoms with E-state index in [1.54, 1.807) is 0 Å². The van der Waals surface area contributed by atoms with Crippen LogP contribution in [0.25, 0.3) is 0 Å². The smallest absolute Gasteiger partial charge is 0.319 e. The maximum absolute atomic E-state index is 12.3. The van der Waals surface area contributed by atoms with Crippen LogP contribution in [0.4, 0.5) is 18.9 Å². The standard InChI is InChI=1S/C12H15F3N2/c13-12(14,15)10-4-6-11(7-5-10)16-17-8-2-1-3-9-17/h4-7,16H,1-3,8-9H2. The average molecular weight is 244 g/mol. The van der Waals surface area contributed by atoms with Gasteiger partial charge in [0.15, 0.2) is 0 Å². The Kier molecular flexibility index (Phi) is 3.57. The van der Waals surface area contributed by atoms with E-state index < -0.39 is 11.7 Å². The zero-order valence-corrected chi connectivity index (χ0v) is 9.43. The highest BCUT2D eigenvalue weighted by atomic mass is 19.4. The van der Waals surface area contributed by atoms with Crippen molar-refractivity contribution >= 4 is 5.69 Å². The maximum atomic E-state index is 12.3. The molecule has 0 aliphatic carbocycles. The van der Waals surface area contributed by atoms with Crippen LogP contribution in [0.5, 0.6) is 0 Å². The number of nitrogens with zero attached hydrogens (tertiary/aromatic N) is 1. The lowest BCUT2D eigenvalue weighted by molar-refractivity contribution is -0.137. The number of rotatable bonds is 2. The van der Waals surface area contributed by atoms with Crippen molar-refractivity contribution in [2.75, 3.05) is 18.5 Å². The first-order chi connectivity index (χ1) is 8.05. The van der Waals surface area contributed by atoms with Crippen LogP contribution in [-0.2, 0) is 6.18 Å². The number of hydrazine groups is 1. The largest absolute Gasteiger partial charge is 0.416 e. The molecule has 0 saturated carbocycles. The Balaban J connectivity index is 1.98. The molecule has 5 heteroatoms. The Hall–Kier alpha value is -1.23. The molecule has 0 spiro atoms. The molecule has 1 aliphatic rings. The van der Waals surface area contributed by atoms with Gasteiger partial charge in [-0.1, -0.05) is 6.42 Å². The van der Waals surface area contributed by atoms with Gasteiger partial charge in [0.1, 0.15) is 0 Å². The van der Waals surface area contributed by atoms with Crippen molar-refractivity contribution in [2.24, 2.45) is 0 Å². The minimum Gasteiger partial charge on any atom is -0.319 e. The second kappa shape index (κ2) is 4.96. The van der Waals surface area contributed by atoms with Gasteiger partial charge in [-0.25, -0.2) is 5.01 Å². The van der Waals surface area contributed by atoms with E-state index in [0.29, 0.717) is 5.69 Å².